The maximum atomic E-state index is 13.6. The fourth-order valence-corrected chi connectivity index (χ4v) is 10.2. The topological polar surface area (TPSA) is 111 Å². The van der Waals surface area contributed by atoms with Crippen molar-refractivity contribution in [2.45, 2.75) is 315 Å². The largest absolute Gasteiger partial charge is 0.472 e. The van der Waals surface area contributed by atoms with E-state index < -0.39 is 20.0 Å². The molecule has 0 saturated heterocycles. The van der Waals surface area contributed by atoms with Crippen molar-refractivity contribution in [2.24, 2.45) is 0 Å². The first-order chi connectivity index (χ1) is 38.4. The Labute approximate surface area is 489 Å². The Balaban J connectivity index is 5.26. The van der Waals surface area contributed by atoms with Gasteiger partial charge in [0.05, 0.1) is 33.8 Å². The van der Waals surface area contributed by atoms with E-state index in [9.17, 15) is 19.0 Å². The molecule has 3 unspecified atom stereocenters. The Hall–Kier alpha value is -2.55. The third-order valence-electron chi connectivity index (χ3n) is 14.6. The molecule has 10 heteroatoms. The van der Waals surface area contributed by atoms with Gasteiger partial charge in [0, 0.05) is 12.8 Å². The predicted molar refractivity (Wildman–Crippen MR) is 341 cm³/mol. The summed E-state index contributed by atoms with van der Waals surface area (Å²) in [4.78, 5) is 37.8. The van der Waals surface area contributed by atoms with E-state index >= 15 is 0 Å². The summed E-state index contributed by atoms with van der Waals surface area (Å²) in [6.45, 7) is 6.98. The van der Waals surface area contributed by atoms with Crippen LogP contribution in [0.4, 0.5) is 0 Å². The zero-order valence-electron chi connectivity index (χ0n) is 52.6. The summed E-state index contributed by atoms with van der Waals surface area (Å²) >= 11 is 0. The Morgan fingerprint density at radius 1 is 0.443 bits per heavy atom. The van der Waals surface area contributed by atoms with Crippen molar-refractivity contribution in [3.05, 3.63) is 72.9 Å². The number of amides is 1. The van der Waals surface area contributed by atoms with Crippen LogP contribution < -0.4 is 5.32 Å². The molecule has 0 rings (SSSR count). The number of carbonyl (C=O) groups is 2. The second kappa shape index (κ2) is 58.6. The monoisotopic (exact) mass is 1130 g/mol. The average molecular weight is 1130 g/mol. The molecule has 460 valence electrons. The van der Waals surface area contributed by atoms with Crippen molar-refractivity contribution in [1.82, 2.24) is 5.32 Å². The van der Waals surface area contributed by atoms with Crippen molar-refractivity contribution < 1.29 is 37.3 Å². The number of hydrogen-bond donors (Lipinski definition) is 2. The first-order valence-electron chi connectivity index (χ1n) is 33.3. The second-order valence-corrected chi connectivity index (χ2v) is 25.1. The fourth-order valence-electron chi connectivity index (χ4n) is 9.45. The van der Waals surface area contributed by atoms with E-state index in [1.807, 2.05) is 33.3 Å². The molecule has 0 aromatic carbocycles. The molecule has 0 aliphatic heterocycles. The van der Waals surface area contributed by atoms with E-state index in [4.69, 9.17) is 13.8 Å². The van der Waals surface area contributed by atoms with Gasteiger partial charge in [0.1, 0.15) is 19.3 Å². The van der Waals surface area contributed by atoms with Crippen molar-refractivity contribution in [3.8, 4) is 0 Å². The van der Waals surface area contributed by atoms with Gasteiger partial charge >= 0.3 is 13.8 Å². The van der Waals surface area contributed by atoms with E-state index in [0.717, 1.165) is 77.0 Å². The highest BCUT2D eigenvalue weighted by atomic mass is 31.2. The summed E-state index contributed by atoms with van der Waals surface area (Å²) in [5.41, 5.74) is 0. The van der Waals surface area contributed by atoms with Gasteiger partial charge < -0.3 is 19.4 Å². The normalized spacial score (nSPS) is 14.1. The smallest absolute Gasteiger partial charge is 0.456 e. The lowest BCUT2D eigenvalue weighted by molar-refractivity contribution is -0.870. The van der Waals surface area contributed by atoms with Crippen LogP contribution in [0.2, 0.25) is 0 Å². The van der Waals surface area contributed by atoms with Gasteiger partial charge in [-0.2, -0.15) is 0 Å². The maximum Gasteiger partial charge on any atom is 0.472 e. The number of phosphoric ester groups is 1. The Morgan fingerprint density at radius 3 is 1.20 bits per heavy atom. The molecule has 79 heavy (non-hydrogen) atoms. The molecule has 2 N–H and O–H groups in total. The van der Waals surface area contributed by atoms with Crippen molar-refractivity contribution in [1.29, 1.82) is 0 Å². The number of hydrogen-bond acceptors (Lipinski definition) is 6. The van der Waals surface area contributed by atoms with Crippen LogP contribution in [-0.4, -0.2) is 74.3 Å². The van der Waals surface area contributed by atoms with Gasteiger partial charge in [-0.1, -0.05) is 261 Å². The van der Waals surface area contributed by atoms with Crippen molar-refractivity contribution in [3.63, 3.8) is 0 Å². The lowest BCUT2D eigenvalue weighted by Gasteiger charge is -2.27. The molecule has 0 aliphatic rings. The highest BCUT2D eigenvalue weighted by Crippen LogP contribution is 2.43. The van der Waals surface area contributed by atoms with Crippen LogP contribution in [0.15, 0.2) is 72.9 Å². The van der Waals surface area contributed by atoms with Gasteiger partial charge in [-0.25, -0.2) is 4.57 Å². The minimum absolute atomic E-state index is 0.0321. The minimum Gasteiger partial charge on any atom is -0.456 e. The fraction of sp³-hybridized carbons (Fsp3) is 0.797. The summed E-state index contributed by atoms with van der Waals surface area (Å²) in [7, 11) is 1.47. The van der Waals surface area contributed by atoms with E-state index in [2.05, 4.69) is 86.8 Å². The molecule has 0 saturated carbocycles. The van der Waals surface area contributed by atoms with Gasteiger partial charge in [0.25, 0.3) is 0 Å². The first kappa shape index (κ1) is 76.5. The molecule has 3 atom stereocenters. The predicted octanol–water partition coefficient (Wildman–Crippen LogP) is 20.8. The molecule has 1 amide bonds. The average Bonchev–Trinajstić information content (AvgIpc) is 3.41. The molecule has 9 nitrogen and oxygen atoms in total. The third kappa shape index (κ3) is 59.9. The van der Waals surface area contributed by atoms with Gasteiger partial charge in [-0.05, 0) is 102 Å². The van der Waals surface area contributed by atoms with E-state index in [0.29, 0.717) is 23.9 Å². The number of carbonyl (C=O) groups excluding carboxylic acids is 2. The number of nitrogens with zero attached hydrogens (tertiary/aromatic N) is 1. The van der Waals surface area contributed by atoms with E-state index in [1.54, 1.807) is 0 Å². The van der Waals surface area contributed by atoms with Gasteiger partial charge in [0.15, 0.2) is 0 Å². The van der Waals surface area contributed by atoms with Crippen LogP contribution in [0.3, 0.4) is 0 Å². The standard InChI is InChI=1S/C69H127N2O7P/c1-7-10-13-16-19-22-25-28-30-32-34-35-37-39-41-44-47-50-53-56-59-62-69(73)78-67(60-57-54-51-48-45-42-27-24-21-18-15-12-9-3)66(65-77-79(74,75)76-64-63-71(4,5)6)70-68(72)61-58-55-52-49-46-43-40-38-36-33-31-29-26-23-20-17-14-11-8-2/h20,23,28-31,36,38,43,46,57,60,66-67H,7-19,21-22,24-27,32-35,37,39-42,44-45,47-56,58-59,61-65H2,1-6H3,(H-,70,72,74,75)/p+1/b23-20-,30-28+,31-29-,38-36-,46-43-,60-57+. The maximum absolute atomic E-state index is 13.6. The zero-order chi connectivity index (χ0) is 57.9. The summed E-state index contributed by atoms with van der Waals surface area (Å²) in [5.74, 6) is -0.535. The number of ether oxygens (including phenoxy) is 1. The third-order valence-corrected chi connectivity index (χ3v) is 15.6. The molecule has 0 aromatic rings. The van der Waals surface area contributed by atoms with Gasteiger partial charge in [-0.3, -0.25) is 18.6 Å². The van der Waals surface area contributed by atoms with Gasteiger partial charge in [-0.15, -0.1) is 0 Å². The highest BCUT2D eigenvalue weighted by Gasteiger charge is 2.30. The number of unbranched alkanes of at least 4 members (excludes halogenated alkanes) is 34. The Bertz CT molecular complexity index is 1580. The lowest BCUT2D eigenvalue weighted by Crippen LogP contribution is -2.47. The van der Waals surface area contributed by atoms with Crippen molar-refractivity contribution in [2.75, 3.05) is 40.9 Å². The molecule has 0 aromatic heterocycles. The van der Waals surface area contributed by atoms with Gasteiger partial charge in [0.2, 0.25) is 5.91 Å². The second-order valence-electron chi connectivity index (χ2n) is 23.6. The molecule has 0 spiro atoms. The van der Waals surface area contributed by atoms with Crippen LogP contribution in [-0.2, 0) is 27.9 Å². The van der Waals surface area contributed by atoms with Crippen LogP contribution in [0.25, 0.3) is 0 Å². The quantitative estimate of drug-likeness (QED) is 0.0205. The SMILES string of the molecule is CCCCC/C=C\C/C=C\C/C=C\C/C=C\CCCCCC(=O)NC(COP(=O)(O)OCC[N+](C)(C)C)C(/C=C/CCCCCCCCCCCCC)OC(=O)CCCCCCCCCCCCC/C=C/CCCCCCCC. The number of likely N-dealkylation sites (N-methyl/N-ethyl adjacent to an activating group) is 1. The van der Waals surface area contributed by atoms with Crippen molar-refractivity contribution >= 4 is 19.7 Å². The van der Waals surface area contributed by atoms with Crippen LogP contribution in [0, 0.1) is 0 Å². The van der Waals surface area contributed by atoms with E-state index in [-0.39, 0.29) is 31.5 Å². The number of allylic oxidation sites excluding steroid dienone is 11. The molecule has 0 fully saturated rings. The Morgan fingerprint density at radius 2 is 0.772 bits per heavy atom. The van der Waals surface area contributed by atoms with Crippen LogP contribution in [0.5, 0.6) is 0 Å². The summed E-state index contributed by atoms with van der Waals surface area (Å²) in [5, 5.41) is 3.05. The number of quaternary nitrogens is 1. The minimum atomic E-state index is -4.46. The molecular formula is C69H128N2O7P+. The Kier molecular flexibility index (Phi) is 56.7. The number of phosphoric acid groups is 1. The molecule has 0 aliphatic carbocycles. The summed E-state index contributed by atoms with van der Waals surface area (Å²) < 4.78 is 30.8. The van der Waals surface area contributed by atoms with Crippen LogP contribution >= 0.6 is 7.82 Å². The molecule has 0 radical (unpaired) electrons. The first-order valence-corrected chi connectivity index (χ1v) is 34.8. The molecular weight excluding hydrogens is 1000 g/mol. The summed E-state index contributed by atoms with van der Waals surface area (Å²) in [6, 6.07) is -0.868. The number of esters is 1. The highest BCUT2D eigenvalue weighted by molar-refractivity contribution is 7.47. The lowest BCUT2D eigenvalue weighted by atomic mass is 10.0. The zero-order valence-corrected chi connectivity index (χ0v) is 53.5. The number of nitrogens with one attached hydrogen (secondary N) is 1. The van der Waals surface area contributed by atoms with E-state index in [1.165, 1.54) is 186 Å². The molecule has 0 bridgehead atoms. The molecule has 0 heterocycles. The van der Waals surface area contributed by atoms with Crippen LogP contribution in [0.1, 0.15) is 303 Å². The number of rotatable bonds is 60. The summed E-state index contributed by atoms with van der Waals surface area (Å²) in [6.07, 6.45) is 76.2.